The van der Waals surface area contributed by atoms with Crippen molar-refractivity contribution >= 4 is 11.6 Å². The Hall–Kier alpha value is -0.670. The zero-order chi connectivity index (χ0) is 9.14. The van der Waals surface area contributed by atoms with Crippen LogP contribution in [-0.4, -0.2) is 11.5 Å². The molecule has 0 aliphatic carbocycles. The minimum atomic E-state index is -2.76. The van der Waals surface area contributed by atoms with E-state index in [1.165, 1.54) is 24.3 Å². The second-order valence-electron chi connectivity index (χ2n) is 2.33. The van der Waals surface area contributed by atoms with Crippen LogP contribution in [-0.2, 0) is 0 Å². The highest BCUT2D eigenvalue weighted by Gasteiger charge is 2.18. The van der Waals surface area contributed by atoms with Crippen LogP contribution in [0.3, 0.4) is 0 Å². The quantitative estimate of drug-likeness (QED) is 0.764. The van der Waals surface area contributed by atoms with E-state index in [2.05, 4.69) is 0 Å². The summed E-state index contributed by atoms with van der Waals surface area (Å²) >= 11 is 5.53. The van der Waals surface area contributed by atoms with Gasteiger partial charge in [0.05, 0.1) is 0 Å². The highest BCUT2D eigenvalue weighted by molar-refractivity contribution is 6.30. The van der Waals surface area contributed by atoms with Crippen LogP contribution >= 0.6 is 11.6 Å². The van der Waals surface area contributed by atoms with Crippen molar-refractivity contribution < 1.29 is 13.9 Å². The fraction of sp³-hybridized carbons (Fsp3) is 0.250. The molecule has 0 aromatic heterocycles. The van der Waals surface area contributed by atoms with E-state index < -0.39 is 12.5 Å². The first kappa shape index (κ1) is 9.42. The maximum Gasteiger partial charge on any atom is 0.268 e. The highest BCUT2D eigenvalue weighted by atomic mass is 35.5. The maximum absolute atomic E-state index is 11.9. The van der Waals surface area contributed by atoms with Gasteiger partial charge in [-0.3, -0.25) is 0 Å². The summed E-state index contributed by atoms with van der Waals surface area (Å²) < 4.78 is 23.9. The van der Waals surface area contributed by atoms with E-state index in [1.807, 2.05) is 0 Å². The number of rotatable bonds is 2. The largest absolute Gasteiger partial charge is 0.382 e. The molecule has 1 nitrogen and oxygen atoms in total. The Morgan fingerprint density at radius 3 is 2.08 bits per heavy atom. The fourth-order valence-corrected chi connectivity index (χ4v) is 0.931. The number of halogens is 3. The summed E-state index contributed by atoms with van der Waals surface area (Å²) in [6.07, 6.45) is -4.48. The molecule has 12 heavy (non-hydrogen) atoms. The second-order valence-corrected chi connectivity index (χ2v) is 2.77. The summed E-state index contributed by atoms with van der Waals surface area (Å²) in [5.41, 5.74) is 0.175. The zero-order valence-electron chi connectivity index (χ0n) is 6.05. The van der Waals surface area contributed by atoms with Crippen molar-refractivity contribution in [3.05, 3.63) is 34.9 Å². The minimum absolute atomic E-state index is 0.175. The van der Waals surface area contributed by atoms with E-state index in [0.29, 0.717) is 5.02 Å². The highest BCUT2D eigenvalue weighted by Crippen LogP contribution is 2.21. The molecule has 1 N–H and O–H groups in total. The molecule has 1 aromatic rings. The second kappa shape index (κ2) is 3.83. The molecule has 0 radical (unpaired) electrons. The van der Waals surface area contributed by atoms with Gasteiger partial charge >= 0.3 is 0 Å². The molecule has 0 unspecified atom stereocenters. The molecule has 0 amide bonds. The van der Waals surface area contributed by atoms with E-state index in [1.54, 1.807) is 0 Å². The third kappa shape index (κ3) is 2.16. The molecule has 66 valence electrons. The molecule has 0 heterocycles. The van der Waals surface area contributed by atoms with Crippen LogP contribution in [0.25, 0.3) is 0 Å². The lowest BCUT2D eigenvalue weighted by Gasteiger charge is -2.08. The third-order valence-electron chi connectivity index (χ3n) is 1.45. The van der Waals surface area contributed by atoms with Crippen LogP contribution < -0.4 is 0 Å². The first-order valence-corrected chi connectivity index (χ1v) is 3.70. The Morgan fingerprint density at radius 1 is 1.17 bits per heavy atom. The van der Waals surface area contributed by atoms with Crippen LogP contribution in [0.1, 0.15) is 11.7 Å². The number of alkyl halides is 2. The molecule has 0 saturated carbocycles. The van der Waals surface area contributed by atoms with Crippen molar-refractivity contribution in [1.29, 1.82) is 0 Å². The smallest absolute Gasteiger partial charge is 0.268 e. The lowest BCUT2D eigenvalue weighted by molar-refractivity contribution is -0.00577. The molecular formula is C8H7ClF2O. The Labute approximate surface area is 73.6 Å². The van der Waals surface area contributed by atoms with Crippen LogP contribution in [0, 0.1) is 0 Å². The normalized spacial score (nSPS) is 13.4. The summed E-state index contributed by atoms with van der Waals surface area (Å²) in [5, 5.41) is 9.35. The topological polar surface area (TPSA) is 20.2 Å². The van der Waals surface area contributed by atoms with E-state index >= 15 is 0 Å². The molecule has 1 rings (SSSR count). The van der Waals surface area contributed by atoms with Crippen LogP contribution in [0.4, 0.5) is 8.78 Å². The minimum Gasteiger partial charge on any atom is -0.382 e. The summed E-state index contributed by atoms with van der Waals surface area (Å²) in [5.74, 6) is 0. The van der Waals surface area contributed by atoms with Crippen molar-refractivity contribution in [2.45, 2.75) is 12.5 Å². The molecule has 0 aliphatic heterocycles. The van der Waals surface area contributed by atoms with Crippen LogP contribution in [0.2, 0.25) is 5.02 Å². The van der Waals surface area contributed by atoms with Crippen molar-refractivity contribution in [3.63, 3.8) is 0 Å². The Morgan fingerprint density at radius 2 is 1.67 bits per heavy atom. The number of benzene rings is 1. The van der Waals surface area contributed by atoms with Gasteiger partial charge < -0.3 is 5.11 Å². The standard InChI is InChI=1S/C8H7ClF2O/c9-6-3-1-5(2-4-6)7(12)8(10)11/h1-4,7-8,12H/t7-/m0/s1. The van der Waals surface area contributed by atoms with Gasteiger partial charge in [-0.1, -0.05) is 23.7 Å². The van der Waals surface area contributed by atoms with Crippen molar-refractivity contribution in [1.82, 2.24) is 0 Å². The molecule has 0 fully saturated rings. The predicted octanol–water partition coefficient (Wildman–Crippen LogP) is 2.64. The van der Waals surface area contributed by atoms with Gasteiger partial charge in [-0.15, -0.1) is 0 Å². The van der Waals surface area contributed by atoms with Crippen molar-refractivity contribution in [2.75, 3.05) is 0 Å². The maximum atomic E-state index is 11.9. The molecule has 1 atom stereocenters. The summed E-state index contributed by atoms with van der Waals surface area (Å²) in [4.78, 5) is 0. The number of hydrogen-bond donors (Lipinski definition) is 1. The van der Waals surface area contributed by atoms with Gasteiger partial charge in [-0.05, 0) is 17.7 Å². The Kier molecular flexibility index (Phi) is 3.00. The Bertz CT molecular complexity index is 248. The average Bonchev–Trinajstić information content (AvgIpc) is 2.04. The first-order valence-electron chi connectivity index (χ1n) is 3.33. The number of aliphatic hydroxyl groups excluding tert-OH is 1. The molecule has 0 spiro atoms. The van der Waals surface area contributed by atoms with E-state index in [4.69, 9.17) is 16.7 Å². The average molecular weight is 193 g/mol. The number of hydrogen-bond acceptors (Lipinski definition) is 1. The number of aliphatic hydroxyl groups is 1. The van der Waals surface area contributed by atoms with Gasteiger partial charge in [0, 0.05) is 5.02 Å². The van der Waals surface area contributed by atoms with Gasteiger partial charge in [0.2, 0.25) is 0 Å². The lowest BCUT2D eigenvalue weighted by Crippen LogP contribution is -2.07. The Balaban J connectivity index is 2.82. The van der Waals surface area contributed by atoms with E-state index in [0.717, 1.165) is 0 Å². The monoisotopic (exact) mass is 192 g/mol. The van der Waals surface area contributed by atoms with E-state index in [9.17, 15) is 8.78 Å². The molecule has 0 bridgehead atoms. The van der Waals surface area contributed by atoms with Crippen molar-refractivity contribution in [3.8, 4) is 0 Å². The third-order valence-corrected chi connectivity index (χ3v) is 1.70. The summed E-state index contributed by atoms with van der Waals surface area (Å²) in [6.45, 7) is 0. The van der Waals surface area contributed by atoms with Gasteiger partial charge in [-0.25, -0.2) is 8.78 Å². The fourth-order valence-electron chi connectivity index (χ4n) is 0.805. The molecule has 0 aliphatic rings. The first-order chi connectivity index (χ1) is 5.61. The molecule has 0 saturated heterocycles. The zero-order valence-corrected chi connectivity index (χ0v) is 6.80. The molecular weight excluding hydrogens is 186 g/mol. The van der Waals surface area contributed by atoms with Gasteiger partial charge in [0.1, 0.15) is 6.10 Å². The van der Waals surface area contributed by atoms with Crippen molar-refractivity contribution in [2.24, 2.45) is 0 Å². The summed E-state index contributed by atoms with van der Waals surface area (Å²) in [6, 6.07) is 5.67. The predicted molar refractivity (Wildman–Crippen MR) is 42.4 cm³/mol. The molecule has 1 aromatic carbocycles. The molecule has 4 heteroatoms. The van der Waals surface area contributed by atoms with Gasteiger partial charge in [-0.2, -0.15) is 0 Å². The van der Waals surface area contributed by atoms with Gasteiger partial charge in [0.25, 0.3) is 6.43 Å². The van der Waals surface area contributed by atoms with Gasteiger partial charge in [0.15, 0.2) is 0 Å². The van der Waals surface area contributed by atoms with Crippen LogP contribution in [0.15, 0.2) is 24.3 Å². The SMILES string of the molecule is O[C@@H](c1ccc(Cl)cc1)C(F)F. The van der Waals surface area contributed by atoms with E-state index in [-0.39, 0.29) is 5.56 Å². The lowest BCUT2D eigenvalue weighted by atomic mass is 10.1. The summed E-state index contributed by atoms with van der Waals surface area (Å²) in [7, 11) is 0. The van der Waals surface area contributed by atoms with Crippen LogP contribution in [0.5, 0.6) is 0 Å².